The molecule has 0 spiro atoms. The van der Waals surface area contributed by atoms with E-state index in [0.717, 1.165) is 6.42 Å². The molecule has 0 saturated heterocycles. The standard InChI is InChI=1S/C19H23N/c1-3-4-7-14(2)20-17-10-11-19-16(13-17)12-15-8-5-6-9-18(15)19/h5-6,8-11,13-14,20H,3-4,7,12H2,1-2H3. The molecule has 1 aliphatic rings. The highest BCUT2D eigenvalue weighted by Crippen LogP contribution is 2.37. The summed E-state index contributed by atoms with van der Waals surface area (Å²) in [5.41, 5.74) is 7.00. The molecular formula is C19H23N. The molecule has 0 fully saturated rings. The molecule has 0 aliphatic heterocycles. The Morgan fingerprint density at radius 1 is 1.05 bits per heavy atom. The molecule has 104 valence electrons. The van der Waals surface area contributed by atoms with E-state index < -0.39 is 0 Å². The summed E-state index contributed by atoms with van der Waals surface area (Å²) in [6.45, 7) is 4.52. The average molecular weight is 265 g/mol. The molecule has 3 rings (SSSR count). The van der Waals surface area contributed by atoms with Gasteiger partial charge < -0.3 is 5.32 Å². The molecule has 20 heavy (non-hydrogen) atoms. The predicted molar refractivity (Wildman–Crippen MR) is 87.3 cm³/mol. The smallest absolute Gasteiger partial charge is 0.0345 e. The zero-order chi connectivity index (χ0) is 13.9. The Labute approximate surface area is 122 Å². The molecule has 1 aliphatic carbocycles. The summed E-state index contributed by atoms with van der Waals surface area (Å²) in [5, 5.41) is 3.63. The van der Waals surface area contributed by atoms with Crippen molar-refractivity contribution in [3.63, 3.8) is 0 Å². The van der Waals surface area contributed by atoms with Crippen LogP contribution in [0.25, 0.3) is 11.1 Å². The van der Waals surface area contributed by atoms with E-state index in [4.69, 9.17) is 0 Å². The lowest BCUT2D eigenvalue weighted by Crippen LogP contribution is -2.14. The van der Waals surface area contributed by atoms with E-state index in [-0.39, 0.29) is 0 Å². The molecular weight excluding hydrogens is 242 g/mol. The van der Waals surface area contributed by atoms with Gasteiger partial charge in [-0.3, -0.25) is 0 Å². The molecule has 0 bridgehead atoms. The van der Waals surface area contributed by atoms with Gasteiger partial charge >= 0.3 is 0 Å². The first-order valence-electron chi connectivity index (χ1n) is 7.75. The summed E-state index contributed by atoms with van der Waals surface area (Å²) < 4.78 is 0. The SMILES string of the molecule is CCCCC(C)Nc1ccc2c(c1)Cc1ccccc1-2. The first-order valence-corrected chi connectivity index (χ1v) is 7.75. The van der Waals surface area contributed by atoms with Crippen LogP contribution >= 0.6 is 0 Å². The van der Waals surface area contributed by atoms with Gasteiger partial charge in [0.05, 0.1) is 0 Å². The zero-order valence-corrected chi connectivity index (χ0v) is 12.4. The lowest BCUT2D eigenvalue weighted by atomic mass is 10.1. The molecule has 2 aromatic carbocycles. The predicted octanol–water partition coefficient (Wildman–Crippen LogP) is 5.25. The first-order chi connectivity index (χ1) is 9.78. The quantitative estimate of drug-likeness (QED) is 0.664. The van der Waals surface area contributed by atoms with Gasteiger partial charge in [-0.2, -0.15) is 0 Å². The molecule has 0 aromatic heterocycles. The van der Waals surface area contributed by atoms with Crippen LogP contribution in [0.1, 0.15) is 44.2 Å². The van der Waals surface area contributed by atoms with Crippen LogP contribution in [0, 0.1) is 0 Å². The highest BCUT2D eigenvalue weighted by atomic mass is 14.9. The topological polar surface area (TPSA) is 12.0 Å². The summed E-state index contributed by atoms with van der Waals surface area (Å²) >= 11 is 0. The number of hydrogen-bond acceptors (Lipinski definition) is 1. The van der Waals surface area contributed by atoms with Crippen LogP contribution in [-0.4, -0.2) is 6.04 Å². The second kappa shape index (κ2) is 5.70. The second-order valence-corrected chi connectivity index (χ2v) is 5.89. The van der Waals surface area contributed by atoms with Crippen LogP contribution in [0.5, 0.6) is 0 Å². The number of nitrogens with one attached hydrogen (secondary N) is 1. The Kier molecular flexibility index (Phi) is 3.77. The van der Waals surface area contributed by atoms with Gasteiger partial charge in [-0.1, -0.05) is 50.1 Å². The van der Waals surface area contributed by atoms with E-state index in [9.17, 15) is 0 Å². The molecule has 1 unspecified atom stereocenters. The fraction of sp³-hybridized carbons (Fsp3) is 0.368. The highest BCUT2D eigenvalue weighted by Gasteiger charge is 2.17. The fourth-order valence-corrected chi connectivity index (χ4v) is 3.10. The van der Waals surface area contributed by atoms with Gasteiger partial charge in [0.2, 0.25) is 0 Å². The number of rotatable bonds is 5. The summed E-state index contributed by atoms with van der Waals surface area (Å²) in [5.74, 6) is 0. The maximum absolute atomic E-state index is 3.63. The van der Waals surface area contributed by atoms with E-state index >= 15 is 0 Å². The Bertz CT molecular complexity index is 600. The van der Waals surface area contributed by atoms with Crippen molar-refractivity contribution in [3.8, 4) is 11.1 Å². The van der Waals surface area contributed by atoms with E-state index in [1.165, 1.54) is 47.2 Å². The van der Waals surface area contributed by atoms with Crippen molar-refractivity contribution < 1.29 is 0 Å². The summed E-state index contributed by atoms with van der Waals surface area (Å²) in [6.07, 6.45) is 4.88. The van der Waals surface area contributed by atoms with Crippen molar-refractivity contribution in [1.29, 1.82) is 0 Å². The maximum Gasteiger partial charge on any atom is 0.0345 e. The van der Waals surface area contributed by atoms with Crippen LogP contribution in [0.4, 0.5) is 5.69 Å². The van der Waals surface area contributed by atoms with Crippen LogP contribution in [0.15, 0.2) is 42.5 Å². The average Bonchev–Trinajstić information content (AvgIpc) is 2.82. The third-order valence-corrected chi connectivity index (χ3v) is 4.20. The number of unbranched alkanes of at least 4 members (excludes halogenated alkanes) is 1. The van der Waals surface area contributed by atoms with Crippen LogP contribution in [0.2, 0.25) is 0 Å². The van der Waals surface area contributed by atoms with Crippen LogP contribution in [-0.2, 0) is 6.42 Å². The summed E-state index contributed by atoms with van der Waals surface area (Å²) in [4.78, 5) is 0. The van der Waals surface area contributed by atoms with Gasteiger partial charge in [0, 0.05) is 11.7 Å². The highest BCUT2D eigenvalue weighted by molar-refractivity contribution is 5.78. The number of fused-ring (bicyclic) bond motifs is 3. The van der Waals surface area contributed by atoms with Crippen molar-refractivity contribution in [3.05, 3.63) is 53.6 Å². The second-order valence-electron chi connectivity index (χ2n) is 5.89. The Hall–Kier alpha value is -1.76. The van der Waals surface area contributed by atoms with Gasteiger partial charge in [0.1, 0.15) is 0 Å². The van der Waals surface area contributed by atoms with E-state index in [0.29, 0.717) is 6.04 Å². The Balaban J connectivity index is 1.77. The Morgan fingerprint density at radius 2 is 1.85 bits per heavy atom. The number of anilines is 1. The molecule has 1 nitrogen and oxygen atoms in total. The van der Waals surface area contributed by atoms with Gasteiger partial charge in [0.25, 0.3) is 0 Å². The minimum absolute atomic E-state index is 0.553. The molecule has 0 heterocycles. The largest absolute Gasteiger partial charge is 0.383 e. The lowest BCUT2D eigenvalue weighted by Gasteiger charge is -2.15. The zero-order valence-electron chi connectivity index (χ0n) is 12.4. The normalized spacial score (nSPS) is 13.7. The van der Waals surface area contributed by atoms with E-state index in [1.54, 1.807) is 0 Å². The number of benzene rings is 2. The van der Waals surface area contributed by atoms with Crippen molar-refractivity contribution >= 4 is 5.69 Å². The first kappa shape index (κ1) is 13.2. The van der Waals surface area contributed by atoms with Gasteiger partial charge in [-0.15, -0.1) is 0 Å². The Morgan fingerprint density at radius 3 is 2.70 bits per heavy atom. The minimum Gasteiger partial charge on any atom is -0.383 e. The lowest BCUT2D eigenvalue weighted by molar-refractivity contribution is 0.645. The summed E-state index contributed by atoms with van der Waals surface area (Å²) in [7, 11) is 0. The van der Waals surface area contributed by atoms with Gasteiger partial charge in [-0.05, 0) is 54.2 Å². The van der Waals surface area contributed by atoms with E-state index in [1.807, 2.05) is 0 Å². The molecule has 0 saturated carbocycles. The summed E-state index contributed by atoms with van der Waals surface area (Å²) in [6, 6.07) is 16.1. The third kappa shape index (κ3) is 2.58. The molecule has 1 heteroatoms. The van der Waals surface area contributed by atoms with Crippen LogP contribution in [0.3, 0.4) is 0 Å². The van der Waals surface area contributed by atoms with Crippen molar-refractivity contribution in [2.45, 2.75) is 45.6 Å². The molecule has 2 aromatic rings. The van der Waals surface area contributed by atoms with Crippen molar-refractivity contribution in [2.75, 3.05) is 5.32 Å². The van der Waals surface area contributed by atoms with Crippen molar-refractivity contribution in [1.82, 2.24) is 0 Å². The molecule has 1 atom stereocenters. The third-order valence-electron chi connectivity index (χ3n) is 4.20. The van der Waals surface area contributed by atoms with Crippen LogP contribution < -0.4 is 5.32 Å². The number of hydrogen-bond donors (Lipinski definition) is 1. The maximum atomic E-state index is 3.63. The minimum atomic E-state index is 0.553. The van der Waals surface area contributed by atoms with E-state index in [2.05, 4.69) is 61.6 Å². The molecule has 0 amide bonds. The monoisotopic (exact) mass is 265 g/mol. The van der Waals surface area contributed by atoms with Gasteiger partial charge in [0.15, 0.2) is 0 Å². The van der Waals surface area contributed by atoms with Crippen molar-refractivity contribution in [2.24, 2.45) is 0 Å². The molecule has 0 radical (unpaired) electrons. The fourth-order valence-electron chi connectivity index (χ4n) is 3.10. The molecule has 1 N–H and O–H groups in total. The van der Waals surface area contributed by atoms with Gasteiger partial charge in [-0.25, -0.2) is 0 Å².